The lowest BCUT2D eigenvalue weighted by Crippen LogP contribution is -2.10. The van der Waals surface area contributed by atoms with Crippen LogP contribution in [0.25, 0.3) is 16.6 Å². The number of aromatic nitrogens is 3. The van der Waals surface area contributed by atoms with E-state index in [0.29, 0.717) is 17.0 Å². The fourth-order valence-electron chi connectivity index (χ4n) is 2.42. The SMILES string of the molecule is C[C@@H](Nc1nnc2cc(/C(C=N)=C/N)ccc2n1)c1ccccc1. The highest BCUT2D eigenvalue weighted by Gasteiger charge is 2.09. The number of nitrogens with one attached hydrogen (secondary N) is 2. The maximum Gasteiger partial charge on any atom is 0.243 e. The van der Waals surface area contributed by atoms with Gasteiger partial charge in [0, 0.05) is 18.0 Å². The number of anilines is 1. The Labute approximate surface area is 140 Å². The molecule has 0 saturated heterocycles. The molecule has 6 heteroatoms. The van der Waals surface area contributed by atoms with Crippen molar-refractivity contribution >= 4 is 28.8 Å². The molecule has 0 amide bonds. The molecule has 3 rings (SSSR count). The summed E-state index contributed by atoms with van der Waals surface area (Å²) in [6, 6.07) is 15.7. The average Bonchev–Trinajstić information content (AvgIpc) is 2.63. The van der Waals surface area contributed by atoms with E-state index in [1.807, 2.05) is 43.3 Å². The molecule has 0 radical (unpaired) electrons. The Morgan fingerprint density at radius 1 is 1.12 bits per heavy atom. The second kappa shape index (κ2) is 6.87. The molecule has 0 unspecified atom stereocenters. The first-order valence-electron chi connectivity index (χ1n) is 7.60. The highest BCUT2D eigenvalue weighted by molar-refractivity contribution is 6.08. The second-order valence-corrected chi connectivity index (χ2v) is 5.38. The summed E-state index contributed by atoms with van der Waals surface area (Å²) in [6.45, 7) is 2.05. The van der Waals surface area contributed by atoms with Gasteiger partial charge in [0.1, 0.15) is 5.52 Å². The van der Waals surface area contributed by atoms with E-state index in [9.17, 15) is 0 Å². The average molecular weight is 318 g/mol. The van der Waals surface area contributed by atoms with Gasteiger partial charge in [0.2, 0.25) is 5.95 Å². The van der Waals surface area contributed by atoms with Crippen molar-refractivity contribution in [3.8, 4) is 0 Å². The van der Waals surface area contributed by atoms with Crippen LogP contribution in [0.1, 0.15) is 24.1 Å². The standard InChI is InChI=1S/C18H18N6/c1-12(13-5-3-2-4-6-13)21-18-22-16-8-7-14(15(10-19)11-20)9-17(16)23-24-18/h2-12,19H,20H2,1H3,(H,21,22,24)/b15-11+,19-10?/t12-/m1/s1. The molecule has 0 spiro atoms. The topological polar surface area (TPSA) is 101 Å². The van der Waals surface area contributed by atoms with Crippen LogP contribution in [0.5, 0.6) is 0 Å². The van der Waals surface area contributed by atoms with E-state index in [-0.39, 0.29) is 6.04 Å². The third-order valence-corrected chi connectivity index (χ3v) is 3.77. The van der Waals surface area contributed by atoms with Crippen molar-refractivity contribution in [3.05, 3.63) is 65.9 Å². The van der Waals surface area contributed by atoms with Crippen LogP contribution < -0.4 is 11.1 Å². The van der Waals surface area contributed by atoms with Gasteiger partial charge in [-0.05, 0) is 30.2 Å². The summed E-state index contributed by atoms with van der Waals surface area (Å²) >= 11 is 0. The minimum absolute atomic E-state index is 0.0782. The van der Waals surface area contributed by atoms with Gasteiger partial charge < -0.3 is 16.5 Å². The monoisotopic (exact) mass is 318 g/mol. The molecule has 0 aliphatic carbocycles. The van der Waals surface area contributed by atoms with Crippen molar-refractivity contribution in [1.82, 2.24) is 15.2 Å². The molecule has 3 aromatic rings. The van der Waals surface area contributed by atoms with Crippen LogP contribution in [0, 0.1) is 5.41 Å². The van der Waals surface area contributed by atoms with Crippen molar-refractivity contribution in [2.75, 3.05) is 5.32 Å². The van der Waals surface area contributed by atoms with Crippen molar-refractivity contribution in [2.45, 2.75) is 13.0 Å². The van der Waals surface area contributed by atoms with Gasteiger partial charge in [-0.2, -0.15) is 0 Å². The summed E-state index contributed by atoms with van der Waals surface area (Å²) in [4.78, 5) is 4.50. The Balaban J connectivity index is 1.87. The highest BCUT2D eigenvalue weighted by Crippen LogP contribution is 2.20. The van der Waals surface area contributed by atoms with Crippen LogP contribution in [0.15, 0.2) is 54.7 Å². The lowest BCUT2D eigenvalue weighted by Gasteiger charge is -2.13. The Bertz CT molecular complexity index is 888. The molecule has 1 aromatic heterocycles. The molecule has 1 atom stereocenters. The fraction of sp³-hybridized carbons (Fsp3) is 0.111. The first kappa shape index (κ1) is 15.6. The summed E-state index contributed by atoms with van der Waals surface area (Å²) in [6.07, 6.45) is 2.60. The predicted octanol–water partition coefficient (Wildman–Crippen LogP) is 3.15. The van der Waals surface area contributed by atoms with Gasteiger partial charge in [-0.15, -0.1) is 10.2 Å². The first-order chi connectivity index (χ1) is 11.7. The van der Waals surface area contributed by atoms with Crippen LogP contribution in [-0.4, -0.2) is 21.4 Å². The van der Waals surface area contributed by atoms with Crippen LogP contribution >= 0.6 is 0 Å². The van der Waals surface area contributed by atoms with Crippen molar-refractivity contribution in [3.63, 3.8) is 0 Å². The summed E-state index contributed by atoms with van der Waals surface area (Å²) in [5.41, 5.74) is 9.50. The van der Waals surface area contributed by atoms with Crippen LogP contribution in [-0.2, 0) is 0 Å². The number of fused-ring (bicyclic) bond motifs is 1. The zero-order chi connectivity index (χ0) is 16.9. The summed E-state index contributed by atoms with van der Waals surface area (Å²) < 4.78 is 0. The maximum atomic E-state index is 7.36. The third-order valence-electron chi connectivity index (χ3n) is 3.77. The van der Waals surface area contributed by atoms with Crippen molar-refractivity contribution in [2.24, 2.45) is 5.73 Å². The molecule has 0 aliphatic rings. The van der Waals surface area contributed by atoms with E-state index < -0.39 is 0 Å². The number of nitrogens with zero attached hydrogens (tertiary/aromatic N) is 3. The minimum atomic E-state index is 0.0782. The molecular formula is C18H18N6. The summed E-state index contributed by atoms with van der Waals surface area (Å²) in [5.74, 6) is 0.480. The summed E-state index contributed by atoms with van der Waals surface area (Å²) in [5, 5.41) is 19.0. The van der Waals surface area contributed by atoms with Crippen LogP contribution in [0.4, 0.5) is 5.95 Å². The Kier molecular flexibility index (Phi) is 4.47. The minimum Gasteiger partial charge on any atom is -0.404 e. The molecule has 6 nitrogen and oxygen atoms in total. The molecule has 120 valence electrons. The number of allylic oxidation sites excluding steroid dienone is 1. The number of hydrogen-bond acceptors (Lipinski definition) is 6. The second-order valence-electron chi connectivity index (χ2n) is 5.38. The molecule has 0 fully saturated rings. The zero-order valence-corrected chi connectivity index (χ0v) is 13.3. The largest absolute Gasteiger partial charge is 0.404 e. The van der Waals surface area contributed by atoms with Crippen LogP contribution in [0.2, 0.25) is 0 Å². The smallest absolute Gasteiger partial charge is 0.243 e. The molecule has 4 N–H and O–H groups in total. The first-order valence-corrected chi connectivity index (χ1v) is 7.60. The number of nitrogens with two attached hydrogens (primary N) is 1. The van der Waals surface area contributed by atoms with Gasteiger partial charge in [-0.1, -0.05) is 36.4 Å². The van der Waals surface area contributed by atoms with Gasteiger partial charge in [0.25, 0.3) is 0 Å². The van der Waals surface area contributed by atoms with E-state index >= 15 is 0 Å². The predicted molar refractivity (Wildman–Crippen MR) is 96.8 cm³/mol. The van der Waals surface area contributed by atoms with E-state index in [1.54, 1.807) is 0 Å². The van der Waals surface area contributed by atoms with E-state index in [4.69, 9.17) is 11.1 Å². The molecule has 24 heavy (non-hydrogen) atoms. The van der Waals surface area contributed by atoms with Gasteiger partial charge in [-0.25, -0.2) is 4.98 Å². The molecule has 0 bridgehead atoms. The van der Waals surface area contributed by atoms with Gasteiger partial charge in [-0.3, -0.25) is 0 Å². The Morgan fingerprint density at radius 2 is 1.92 bits per heavy atom. The zero-order valence-electron chi connectivity index (χ0n) is 13.3. The summed E-state index contributed by atoms with van der Waals surface area (Å²) in [7, 11) is 0. The molecule has 0 aliphatic heterocycles. The van der Waals surface area contributed by atoms with Gasteiger partial charge in [0.05, 0.1) is 11.6 Å². The lowest BCUT2D eigenvalue weighted by molar-refractivity contribution is 0.849. The Morgan fingerprint density at radius 3 is 2.62 bits per heavy atom. The molecule has 0 saturated carbocycles. The molecular weight excluding hydrogens is 300 g/mol. The molecule has 1 heterocycles. The number of benzene rings is 2. The number of rotatable bonds is 5. The normalized spacial score (nSPS) is 12.8. The van der Waals surface area contributed by atoms with Gasteiger partial charge >= 0.3 is 0 Å². The fourth-order valence-corrected chi connectivity index (χ4v) is 2.42. The van der Waals surface area contributed by atoms with Crippen LogP contribution in [0.3, 0.4) is 0 Å². The Hall–Kier alpha value is -3.28. The quantitative estimate of drug-likeness (QED) is 0.627. The maximum absolute atomic E-state index is 7.36. The van der Waals surface area contributed by atoms with E-state index in [1.165, 1.54) is 12.4 Å². The van der Waals surface area contributed by atoms with Crippen molar-refractivity contribution in [1.29, 1.82) is 5.41 Å². The van der Waals surface area contributed by atoms with E-state index in [2.05, 4.69) is 32.6 Å². The lowest BCUT2D eigenvalue weighted by atomic mass is 10.1. The highest BCUT2D eigenvalue weighted by atomic mass is 15.2. The molecule has 2 aromatic carbocycles. The number of hydrogen-bond donors (Lipinski definition) is 3. The van der Waals surface area contributed by atoms with E-state index in [0.717, 1.165) is 16.6 Å². The third kappa shape index (κ3) is 3.22. The van der Waals surface area contributed by atoms with Gasteiger partial charge in [0.15, 0.2) is 0 Å². The van der Waals surface area contributed by atoms with Crippen molar-refractivity contribution < 1.29 is 0 Å².